The van der Waals surface area contributed by atoms with Crippen LogP contribution in [0.5, 0.6) is 5.75 Å². The molecule has 1 atom stereocenters. The lowest BCUT2D eigenvalue weighted by Gasteiger charge is -2.24. The van der Waals surface area contributed by atoms with Gasteiger partial charge in [-0.2, -0.15) is 4.98 Å². The number of anilines is 1. The first-order chi connectivity index (χ1) is 10.6. The van der Waals surface area contributed by atoms with Gasteiger partial charge < -0.3 is 19.3 Å². The first kappa shape index (κ1) is 14.1. The summed E-state index contributed by atoms with van der Waals surface area (Å²) in [4.78, 5) is 27.6. The molecule has 0 aliphatic carbocycles. The maximum absolute atomic E-state index is 11.9. The molecule has 0 saturated heterocycles. The highest BCUT2D eigenvalue weighted by molar-refractivity contribution is 5.99. The molecule has 1 aromatic carbocycles. The molecular formula is C14H13N3O5. The number of hydrogen-bond acceptors (Lipinski definition) is 7. The van der Waals surface area contributed by atoms with E-state index in [0.717, 1.165) is 0 Å². The molecule has 0 bridgehead atoms. The Morgan fingerprint density at radius 3 is 3.00 bits per heavy atom. The van der Waals surface area contributed by atoms with Crippen LogP contribution in [-0.4, -0.2) is 28.1 Å². The number of nitrogens with one attached hydrogen (secondary N) is 1. The number of amides is 1. The molecule has 22 heavy (non-hydrogen) atoms. The molecule has 3 rings (SSSR count). The molecule has 0 fully saturated rings. The number of ether oxygens (including phenoxy) is 2. The number of nitrogens with zero attached hydrogens (tertiary/aromatic N) is 2. The van der Waals surface area contributed by atoms with Crippen molar-refractivity contribution in [2.24, 2.45) is 0 Å². The fraction of sp³-hybridized carbons (Fsp3) is 0.286. The van der Waals surface area contributed by atoms with Crippen molar-refractivity contribution in [2.45, 2.75) is 26.1 Å². The first-order valence-corrected chi connectivity index (χ1v) is 6.63. The summed E-state index contributed by atoms with van der Waals surface area (Å²) in [6.45, 7) is 1.52. The molecule has 1 aliphatic rings. The third kappa shape index (κ3) is 3.05. The van der Waals surface area contributed by atoms with Crippen LogP contribution in [0.1, 0.15) is 18.1 Å². The lowest BCUT2D eigenvalue weighted by atomic mass is 10.1. The summed E-state index contributed by atoms with van der Waals surface area (Å²) < 4.78 is 15.3. The molecule has 1 amide bonds. The van der Waals surface area contributed by atoms with Crippen molar-refractivity contribution in [2.75, 3.05) is 5.32 Å². The van der Waals surface area contributed by atoms with Crippen molar-refractivity contribution < 1.29 is 23.6 Å². The van der Waals surface area contributed by atoms with E-state index in [2.05, 4.69) is 15.5 Å². The summed E-state index contributed by atoms with van der Waals surface area (Å²) in [6, 6.07) is 7.00. The molecule has 0 radical (unpaired) electrons. The number of para-hydroxylation sites is 2. The first-order valence-electron chi connectivity index (χ1n) is 6.63. The number of hydrogen-bond donors (Lipinski definition) is 1. The lowest BCUT2D eigenvalue weighted by Crippen LogP contribution is -2.38. The van der Waals surface area contributed by atoms with Gasteiger partial charge in [-0.1, -0.05) is 17.3 Å². The minimum atomic E-state index is -0.924. The van der Waals surface area contributed by atoms with E-state index in [1.165, 1.54) is 0 Å². The number of carbonyl (C=O) groups excluding carboxylic acids is 2. The zero-order valence-electron chi connectivity index (χ0n) is 11.7. The highest BCUT2D eigenvalue weighted by Gasteiger charge is 2.30. The van der Waals surface area contributed by atoms with Crippen LogP contribution in [0.15, 0.2) is 28.8 Å². The second-order valence-corrected chi connectivity index (χ2v) is 4.69. The summed E-state index contributed by atoms with van der Waals surface area (Å²) >= 11 is 0. The van der Waals surface area contributed by atoms with Crippen LogP contribution in [0.25, 0.3) is 0 Å². The predicted molar refractivity (Wildman–Crippen MR) is 72.9 cm³/mol. The normalized spacial score (nSPS) is 16.4. The number of fused-ring (bicyclic) bond motifs is 1. The Morgan fingerprint density at radius 2 is 2.23 bits per heavy atom. The summed E-state index contributed by atoms with van der Waals surface area (Å²) in [5, 5.41) is 6.26. The van der Waals surface area contributed by atoms with Gasteiger partial charge in [0.15, 0.2) is 18.5 Å². The topological polar surface area (TPSA) is 104 Å². The van der Waals surface area contributed by atoms with Gasteiger partial charge in [0.2, 0.25) is 0 Å². The molecule has 1 aliphatic heterocycles. The van der Waals surface area contributed by atoms with Crippen LogP contribution >= 0.6 is 0 Å². The summed E-state index contributed by atoms with van der Waals surface area (Å²) in [5.41, 5.74) is 0.582. The van der Waals surface area contributed by atoms with Crippen LogP contribution in [0.2, 0.25) is 0 Å². The molecule has 8 nitrogen and oxygen atoms in total. The SMILES string of the molecule is Cc1noc(COC(=O)C[C@H]2Oc3ccccc3NC2=O)n1. The molecule has 0 unspecified atom stereocenters. The molecule has 8 heteroatoms. The van der Waals surface area contributed by atoms with Crippen molar-refractivity contribution in [1.82, 2.24) is 10.1 Å². The van der Waals surface area contributed by atoms with Crippen LogP contribution in [-0.2, 0) is 20.9 Å². The van der Waals surface area contributed by atoms with Crippen molar-refractivity contribution in [3.63, 3.8) is 0 Å². The number of carbonyl (C=O) groups is 2. The predicted octanol–water partition coefficient (Wildman–Crippen LogP) is 1.21. The lowest BCUT2D eigenvalue weighted by molar-refractivity contribution is -0.149. The van der Waals surface area contributed by atoms with Gasteiger partial charge in [-0.3, -0.25) is 9.59 Å². The van der Waals surface area contributed by atoms with E-state index in [4.69, 9.17) is 14.0 Å². The van der Waals surface area contributed by atoms with Crippen LogP contribution in [0, 0.1) is 6.92 Å². The van der Waals surface area contributed by atoms with Gasteiger partial charge in [-0.15, -0.1) is 0 Å². The second-order valence-electron chi connectivity index (χ2n) is 4.69. The standard InChI is InChI=1S/C14H13N3O5/c1-8-15-12(22-17-8)7-20-13(18)6-11-14(19)16-9-4-2-3-5-10(9)21-11/h2-5,11H,6-7H2,1H3,(H,16,19)/t11-/m1/s1. The molecule has 0 spiro atoms. The van der Waals surface area contributed by atoms with Crippen molar-refractivity contribution in [3.8, 4) is 5.75 Å². The van der Waals surface area contributed by atoms with Crippen molar-refractivity contribution in [1.29, 1.82) is 0 Å². The fourth-order valence-corrected chi connectivity index (χ4v) is 1.98. The van der Waals surface area contributed by atoms with E-state index in [-0.39, 0.29) is 24.8 Å². The zero-order valence-corrected chi connectivity index (χ0v) is 11.7. The highest BCUT2D eigenvalue weighted by atomic mass is 16.6. The van der Waals surface area contributed by atoms with E-state index in [1.807, 2.05) is 0 Å². The molecule has 2 heterocycles. The van der Waals surface area contributed by atoms with E-state index >= 15 is 0 Å². The number of aryl methyl sites for hydroxylation is 1. The van der Waals surface area contributed by atoms with Crippen LogP contribution in [0.3, 0.4) is 0 Å². The van der Waals surface area contributed by atoms with Gasteiger partial charge in [0.1, 0.15) is 5.75 Å². The number of aromatic nitrogens is 2. The second kappa shape index (κ2) is 5.84. The Hall–Kier alpha value is -2.90. The average Bonchev–Trinajstić information content (AvgIpc) is 2.91. The number of rotatable bonds is 4. The smallest absolute Gasteiger partial charge is 0.310 e. The number of esters is 1. The van der Waals surface area contributed by atoms with Crippen LogP contribution in [0.4, 0.5) is 5.69 Å². The molecule has 0 saturated carbocycles. The molecule has 1 aromatic heterocycles. The van der Waals surface area contributed by atoms with Gasteiger partial charge in [-0.25, -0.2) is 0 Å². The minimum Gasteiger partial charge on any atom is -0.478 e. The van der Waals surface area contributed by atoms with E-state index in [1.54, 1.807) is 31.2 Å². The highest BCUT2D eigenvalue weighted by Crippen LogP contribution is 2.29. The molecular weight excluding hydrogens is 290 g/mol. The maximum atomic E-state index is 11.9. The third-order valence-corrected chi connectivity index (χ3v) is 2.98. The van der Waals surface area contributed by atoms with Crippen molar-refractivity contribution >= 4 is 17.6 Å². The Bertz CT molecular complexity index is 712. The molecule has 114 valence electrons. The Balaban J connectivity index is 1.56. The van der Waals surface area contributed by atoms with E-state index in [0.29, 0.717) is 17.3 Å². The third-order valence-electron chi connectivity index (χ3n) is 2.98. The summed E-state index contributed by atoms with van der Waals surface area (Å²) in [5.74, 6) is 0.204. The fourth-order valence-electron chi connectivity index (χ4n) is 1.98. The van der Waals surface area contributed by atoms with Gasteiger partial charge >= 0.3 is 5.97 Å². The maximum Gasteiger partial charge on any atom is 0.310 e. The Labute approximate surface area is 125 Å². The average molecular weight is 303 g/mol. The zero-order chi connectivity index (χ0) is 15.5. The minimum absolute atomic E-state index is 0.134. The Kier molecular flexibility index (Phi) is 3.73. The van der Waals surface area contributed by atoms with Gasteiger partial charge in [-0.05, 0) is 19.1 Å². The largest absolute Gasteiger partial charge is 0.478 e. The summed E-state index contributed by atoms with van der Waals surface area (Å²) in [7, 11) is 0. The quantitative estimate of drug-likeness (QED) is 0.846. The van der Waals surface area contributed by atoms with E-state index < -0.39 is 12.1 Å². The van der Waals surface area contributed by atoms with Gasteiger partial charge in [0.05, 0.1) is 12.1 Å². The van der Waals surface area contributed by atoms with Crippen molar-refractivity contribution in [3.05, 3.63) is 36.0 Å². The molecule has 2 aromatic rings. The monoisotopic (exact) mass is 303 g/mol. The van der Waals surface area contributed by atoms with E-state index in [9.17, 15) is 9.59 Å². The van der Waals surface area contributed by atoms with Crippen LogP contribution < -0.4 is 10.1 Å². The van der Waals surface area contributed by atoms with Gasteiger partial charge in [0, 0.05) is 0 Å². The Morgan fingerprint density at radius 1 is 1.41 bits per heavy atom. The van der Waals surface area contributed by atoms with Gasteiger partial charge in [0.25, 0.3) is 11.8 Å². The summed E-state index contributed by atoms with van der Waals surface area (Å²) in [6.07, 6.45) is -1.13. The molecule has 1 N–H and O–H groups in total. The number of benzene rings is 1.